The van der Waals surface area contributed by atoms with Crippen molar-refractivity contribution in [1.29, 1.82) is 0 Å². The van der Waals surface area contributed by atoms with E-state index >= 15 is 0 Å². The summed E-state index contributed by atoms with van der Waals surface area (Å²) >= 11 is 0. The van der Waals surface area contributed by atoms with Gasteiger partial charge in [-0.25, -0.2) is 9.37 Å². The van der Waals surface area contributed by atoms with Crippen LogP contribution in [0.4, 0.5) is 4.39 Å². The van der Waals surface area contributed by atoms with E-state index < -0.39 is 0 Å². The Kier molecular flexibility index (Phi) is 3.50. The fourth-order valence-electron chi connectivity index (χ4n) is 1.91. The molecule has 18 heavy (non-hydrogen) atoms. The Hall–Kier alpha value is -1.64. The quantitative estimate of drug-likeness (QED) is 0.783. The highest BCUT2D eigenvalue weighted by Gasteiger charge is 2.15. The number of nitrogens with zero attached hydrogens (tertiary/aromatic N) is 1. The van der Waals surface area contributed by atoms with Crippen LogP contribution in [0.2, 0.25) is 0 Å². The zero-order valence-corrected chi connectivity index (χ0v) is 11.2. The van der Waals surface area contributed by atoms with Crippen LogP contribution in [0.1, 0.15) is 51.0 Å². The molecule has 0 N–H and O–H groups in total. The average molecular weight is 247 g/mol. The van der Waals surface area contributed by atoms with Crippen LogP contribution in [0.5, 0.6) is 0 Å². The van der Waals surface area contributed by atoms with E-state index in [1.165, 1.54) is 6.07 Å². The number of hydrogen-bond donors (Lipinski definition) is 0. The van der Waals surface area contributed by atoms with Crippen LogP contribution in [0.15, 0.2) is 28.8 Å². The molecule has 2 nitrogen and oxygen atoms in total. The minimum atomic E-state index is -0.217. The van der Waals surface area contributed by atoms with Gasteiger partial charge in [0.1, 0.15) is 5.82 Å². The lowest BCUT2D eigenvalue weighted by atomic mass is 9.96. The molecule has 2 aromatic rings. The van der Waals surface area contributed by atoms with Gasteiger partial charge in [0.2, 0.25) is 0 Å². The molecule has 1 heterocycles. The summed E-state index contributed by atoms with van der Waals surface area (Å²) in [6, 6.07) is 4.78. The van der Waals surface area contributed by atoms with E-state index in [0.29, 0.717) is 11.7 Å². The van der Waals surface area contributed by atoms with Gasteiger partial charge in [-0.15, -0.1) is 0 Å². The predicted molar refractivity (Wildman–Crippen MR) is 70.1 cm³/mol. The van der Waals surface area contributed by atoms with E-state index in [4.69, 9.17) is 4.42 Å². The Balaban J connectivity index is 2.49. The molecule has 1 aromatic carbocycles. The summed E-state index contributed by atoms with van der Waals surface area (Å²) in [5, 5.41) is 0. The lowest BCUT2D eigenvalue weighted by molar-refractivity contribution is 0.480. The van der Waals surface area contributed by atoms with E-state index in [-0.39, 0.29) is 17.7 Å². The summed E-state index contributed by atoms with van der Waals surface area (Å²) < 4.78 is 19.0. The molecule has 0 spiro atoms. The Bertz CT molecular complexity index is 543. The number of benzene rings is 1. The van der Waals surface area contributed by atoms with Gasteiger partial charge in [-0.2, -0.15) is 0 Å². The average Bonchev–Trinajstić information content (AvgIpc) is 2.78. The normalized spacial score (nSPS) is 11.5. The smallest absolute Gasteiger partial charge is 0.197 e. The standard InChI is InChI=1S/C15H18FNO/c1-9(2)13-7-11(16)5-6-12(13)14-8-17-15(18-14)10(3)4/h5-10H,1-4H3. The molecule has 3 heteroatoms. The monoisotopic (exact) mass is 247 g/mol. The molecule has 0 atom stereocenters. The van der Waals surface area contributed by atoms with Gasteiger partial charge in [-0.3, -0.25) is 0 Å². The molecule has 0 aliphatic carbocycles. The molecule has 0 saturated heterocycles. The number of oxazole rings is 1. The number of hydrogen-bond acceptors (Lipinski definition) is 2. The number of halogens is 1. The van der Waals surface area contributed by atoms with Crippen LogP contribution in [0.25, 0.3) is 11.3 Å². The van der Waals surface area contributed by atoms with Gasteiger partial charge in [0.25, 0.3) is 0 Å². The predicted octanol–water partition coefficient (Wildman–Crippen LogP) is 4.73. The van der Waals surface area contributed by atoms with Crippen LogP contribution in [0.3, 0.4) is 0 Å². The fraction of sp³-hybridized carbons (Fsp3) is 0.400. The first-order valence-corrected chi connectivity index (χ1v) is 6.24. The molecule has 0 fully saturated rings. The topological polar surface area (TPSA) is 26.0 Å². The van der Waals surface area contributed by atoms with E-state index in [1.807, 2.05) is 27.7 Å². The third kappa shape index (κ3) is 2.45. The van der Waals surface area contributed by atoms with Gasteiger partial charge in [0.15, 0.2) is 11.7 Å². The van der Waals surface area contributed by atoms with Crippen molar-refractivity contribution < 1.29 is 8.81 Å². The van der Waals surface area contributed by atoms with Crippen molar-refractivity contribution in [1.82, 2.24) is 4.98 Å². The maximum absolute atomic E-state index is 13.3. The van der Waals surface area contributed by atoms with Gasteiger partial charge in [0.05, 0.1) is 6.20 Å². The second-order valence-electron chi connectivity index (χ2n) is 5.10. The van der Waals surface area contributed by atoms with Crippen LogP contribution in [0, 0.1) is 5.82 Å². The molecule has 0 aliphatic heterocycles. The summed E-state index contributed by atoms with van der Waals surface area (Å²) in [7, 11) is 0. The SMILES string of the molecule is CC(C)c1ncc(-c2ccc(F)cc2C(C)C)o1. The van der Waals surface area contributed by atoms with Gasteiger partial charge < -0.3 is 4.42 Å². The molecule has 0 unspecified atom stereocenters. The number of aromatic nitrogens is 1. The van der Waals surface area contributed by atoms with Gasteiger partial charge >= 0.3 is 0 Å². The second kappa shape index (κ2) is 4.92. The van der Waals surface area contributed by atoms with Crippen LogP contribution < -0.4 is 0 Å². The molecular formula is C15H18FNO. The maximum atomic E-state index is 13.3. The van der Waals surface area contributed by atoms with Gasteiger partial charge in [-0.1, -0.05) is 27.7 Å². The van der Waals surface area contributed by atoms with Crippen LogP contribution in [-0.4, -0.2) is 4.98 Å². The summed E-state index contributed by atoms with van der Waals surface area (Å²) in [4.78, 5) is 4.25. The van der Waals surface area contributed by atoms with E-state index in [0.717, 1.165) is 11.1 Å². The zero-order chi connectivity index (χ0) is 13.3. The van der Waals surface area contributed by atoms with Gasteiger partial charge in [0, 0.05) is 11.5 Å². The molecule has 0 saturated carbocycles. The molecular weight excluding hydrogens is 229 g/mol. The van der Waals surface area contributed by atoms with Crippen LogP contribution in [-0.2, 0) is 0 Å². The zero-order valence-electron chi connectivity index (χ0n) is 11.2. The minimum Gasteiger partial charge on any atom is -0.440 e. The fourth-order valence-corrected chi connectivity index (χ4v) is 1.91. The van der Waals surface area contributed by atoms with E-state index in [2.05, 4.69) is 4.98 Å². The highest BCUT2D eigenvalue weighted by atomic mass is 19.1. The lowest BCUT2D eigenvalue weighted by Gasteiger charge is -2.10. The van der Waals surface area contributed by atoms with Crippen molar-refractivity contribution >= 4 is 0 Å². The molecule has 1 aromatic heterocycles. The van der Waals surface area contributed by atoms with Crippen molar-refractivity contribution in [3.63, 3.8) is 0 Å². The molecule has 0 bridgehead atoms. The van der Waals surface area contributed by atoms with E-state index in [1.54, 1.807) is 18.3 Å². The molecule has 0 aliphatic rings. The highest BCUT2D eigenvalue weighted by molar-refractivity contribution is 5.62. The van der Waals surface area contributed by atoms with Crippen LogP contribution >= 0.6 is 0 Å². The third-order valence-electron chi connectivity index (χ3n) is 2.92. The van der Waals surface area contributed by atoms with Crippen molar-refractivity contribution in [3.8, 4) is 11.3 Å². The highest BCUT2D eigenvalue weighted by Crippen LogP contribution is 2.31. The Morgan fingerprint density at radius 1 is 1.11 bits per heavy atom. The van der Waals surface area contributed by atoms with Crippen molar-refractivity contribution in [2.75, 3.05) is 0 Å². The Morgan fingerprint density at radius 2 is 1.83 bits per heavy atom. The first-order valence-electron chi connectivity index (χ1n) is 6.24. The van der Waals surface area contributed by atoms with Crippen molar-refractivity contribution in [2.45, 2.75) is 39.5 Å². The summed E-state index contributed by atoms with van der Waals surface area (Å²) in [5.74, 6) is 1.70. The minimum absolute atomic E-state index is 0.217. The number of rotatable bonds is 3. The Morgan fingerprint density at radius 3 is 2.39 bits per heavy atom. The molecule has 0 amide bonds. The summed E-state index contributed by atoms with van der Waals surface area (Å²) in [6.45, 7) is 8.14. The summed E-state index contributed by atoms with van der Waals surface area (Å²) in [6.07, 6.45) is 1.72. The Labute approximate surface area is 107 Å². The largest absolute Gasteiger partial charge is 0.440 e. The van der Waals surface area contributed by atoms with Crippen molar-refractivity contribution in [3.05, 3.63) is 41.7 Å². The first kappa shape index (κ1) is 12.8. The van der Waals surface area contributed by atoms with Gasteiger partial charge in [-0.05, 0) is 29.7 Å². The molecule has 2 rings (SSSR count). The first-order chi connectivity index (χ1) is 8.49. The maximum Gasteiger partial charge on any atom is 0.197 e. The third-order valence-corrected chi connectivity index (χ3v) is 2.92. The summed E-state index contributed by atoms with van der Waals surface area (Å²) in [5.41, 5.74) is 1.87. The molecule has 0 radical (unpaired) electrons. The molecule has 96 valence electrons. The second-order valence-corrected chi connectivity index (χ2v) is 5.10. The lowest BCUT2D eigenvalue weighted by Crippen LogP contribution is -1.93. The van der Waals surface area contributed by atoms with Crippen molar-refractivity contribution in [2.24, 2.45) is 0 Å². The van der Waals surface area contributed by atoms with E-state index in [9.17, 15) is 4.39 Å².